The van der Waals surface area contributed by atoms with Crippen molar-refractivity contribution in [2.24, 2.45) is 0 Å². The minimum atomic E-state index is -0.297. The Morgan fingerprint density at radius 3 is 2.55 bits per heavy atom. The standard InChI is InChI=1S/C15H20N6O/c1-13(21-12-17-11-18-21)15(22)20-8-6-19(7-9-20)10-14-2-4-16-5-3-14/h2-5,11-13H,6-10H2,1H3/t13-/m1/s1. The Balaban J connectivity index is 1.52. The predicted octanol–water partition coefficient (Wildman–Crippen LogP) is 0.578. The zero-order valence-electron chi connectivity index (χ0n) is 12.7. The van der Waals surface area contributed by atoms with E-state index in [1.165, 1.54) is 11.9 Å². The molecule has 1 fully saturated rings. The number of carbonyl (C=O) groups is 1. The molecule has 0 aromatic carbocycles. The second-order valence-electron chi connectivity index (χ2n) is 5.51. The van der Waals surface area contributed by atoms with Gasteiger partial charge in [-0.15, -0.1) is 0 Å². The van der Waals surface area contributed by atoms with Crippen molar-refractivity contribution >= 4 is 5.91 Å². The molecule has 116 valence electrons. The van der Waals surface area contributed by atoms with Crippen LogP contribution in [-0.4, -0.2) is 61.6 Å². The Kier molecular flexibility index (Phi) is 4.43. The van der Waals surface area contributed by atoms with Crippen molar-refractivity contribution in [1.29, 1.82) is 0 Å². The van der Waals surface area contributed by atoms with E-state index in [1.54, 1.807) is 11.0 Å². The maximum atomic E-state index is 12.5. The second-order valence-corrected chi connectivity index (χ2v) is 5.51. The summed E-state index contributed by atoms with van der Waals surface area (Å²) in [6.45, 7) is 6.05. The summed E-state index contributed by atoms with van der Waals surface area (Å²) in [5.41, 5.74) is 1.26. The summed E-state index contributed by atoms with van der Waals surface area (Å²) in [4.78, 5) is 24.7. The fourth-order valence-electron chi connectivity index (χ4n) is 2.67. The number of rotatable bonds is 4. The molecule has 1 aliphatic heterocycles. The van der Waals surface area contributed by atoms with Gasteiger partial charge in [0.2, 0.25) is 5.91 Å². The fraction of sp³-hybridized carbons (Fsp3) is 0.467. The van der Waals surface area contributed by atoms with Crippen molar-refractivity contribution in [3.63, 3.8) is 0 Å². The highest BCUT2D eigenvalue weighted by Crippen LogP contribution is 2.12. The molecule has 3 heterocycles. The zero-order chi connectivity index (χ0) is 15.4. The van der Waals surface area contributed by atoms with Crippen molar-refractivity contribution in [3.8, 4) is 0 Å². The number of aromatic nitrogens is 4. The van der Waals surface area contributed by atoms with E-state index in [9.17, 15) is 4.79 Å². The van der Waals surface area contributed by atoms with E-state index in [0.717, 1.165) is 32.7 Å². The molecule has 1 saturated heterocycles. The maximum absolute atomic E-state index is 12.5. The van der Waals surface area contributed by atoms with Gasteiger partial charge in [0.05, 0.1) is 0 Å². The Morgan fingerprint density at radius 1 is 1.18 bits per heavy atom. The van der Waals surface area contributed by atoms with Gasteiger partial charge in [-0.25, -0.2) is 9.67 Å². The van der Waals surface area contributed by atoms with Crippen LogP contribution in [0.15, 0.2) is 37.2 Å². The molecule has 3 rings (SSSR count). The third-order valence-electron chi connectivity index (χ3n) is 4.03. The van der Waals surface area contributed by atoms with E-state index < -0.39 is 0 Å². The van der Waals surface area contributed by atoms with Crippen LogP contribution in [0.25, 0.3) is 0 Å². The molecule has 2 aromatic heterocycles. The number of hydrogen-bond donors (Lipinski definition) is 0. The maximum Gasteiger partial charge on any atom is 0.247 e. The van der Waals surface area contributed by atoms with Crippen LogP contribution in [0, 0.1) is 0 Å². The van der Waals surface area contributed by atoms with Gasteiger partial charge in [-0.2, -0.15) is 5.10 Å². The van der Waals surface area contributed by atoms with Crippen LogP contribution in [0.4, 0.5) is 0 Å². The van der Waals surface area contributed by atoms with Crippen LogP contribution in [0.5, 0.6) is 0 Å². The highest BCUT2D eigenvalue weighted by Gasteiger charge is 2.26. The number of carbonyl (C=O) groups excluding carboxylic acids is 1. The Bertz CT molecular complexity index is 592. The zero-order valence-corrected chi connectivity index (χ0v) is 12.7. The lowest BCUT2D eigenvalue weighted by Gasteiger charge is -2.35. The van der Waals surface area contributed by atoms with Crippen LogP contribution in [0.2, 0.25) is 0 Å². The van der Waals surface area contributed by atoms with Gasteiger partial charge < -0.3 is 4.90 Å². The highest BCUT2D eigenvalue weighted by atomic mass is 16.2. The van der Waals surface area contributed by atoms with E-state index in [0.29, 0.717) is 0 Å². The van der Waals surface area contributed by atoms with E-state index in [4.69, 9.17) is 0 Å². The molecule has 1 atom stereocenters. The van der Waals surface area contributed by atoms with Gasteiger partial charge in [0.15, 0.2) is 0 Å². The molecule has 2 aromatic rings. The Morgan fingerprint density at radius 2 is 1.91 bits per heavy atom. The Hall–Kier alpha value is -2.28. The average Bonchev–Trinajstić information content (AvgIpc) is 3.10. The van der Waals surface area contributed by atoms with Gasteiger partial charge in [-0.1, -0.05) is 0 Å². The third-order valence-corrected chi connectivity index (χ3v) is 4.03. The van der Waals surface area contributed by atoms with Crippen LogP contribution >= 0.6 is 0 Å². The van der Waals surface area contributed by atoms with Crippen molar-refractivity contribution in [3.05, 3.63) is 42.7 Å². The topological polar surface area (TPSA) is 67.2 Å². The first kappa shape index (κ1) is 14.6. The highest BCUT2D eigenvalue weighted by molar-refractivity contribution is 5.80. The van der Waals surface area contributed by atoms with Gasteiger partial charge in [0.25, 0.3) is 0 Å². The molecule has 0 radical (unpaired) electrons. The summed E-state index contributed by atoms with van der Waals surface area (Å²) in [7, 11) is 0. The second kappa shape index (κ2) is 6.65. The molecule has 0 saturated carbocycles. The lowest BCUT2D eigenvalue weighted by atomic mass is 10.2. The molecular weight excluding hydrogens is 280 g/mol. The van der Waals surface area contributed by atoms with Gasteiger partial charge in [0.1, 0.15) is 18.7 Å². The molecule has 7 heteroatoms. The van der Waals surface area contributed by atoms with Crippen molar-refractivity contribution in [1.82, 2.24) is 29.5 Å². The molecule has 1 aliphatic rings. The van der Waals surface area contributed by atoms with Gasteiger partial charge in [-0.05, 0) is 24.6 Å². The summed E-state index contributed by atoms with van der Waals surface area (Å²) in [6.07, 6.45) is 6.67. The van der Waals surface area contributed by atoms with Gasteiger partial charge >= 0.3 is 0 Å². The minimum absolute atomic E-state index is 0.106. The summed E-state index contributed by atoms with van der Waals surface area (Å²) in [5.74, 6) is 0.106. The summed E-state index contributed by atoms with van der Waals surface area (Å²) >= 11 is 0. The minimum Gasteiger partial charge on any atom is -0.338 e. The van der Waals surface area contributed by atoms with E-state index >= 15 is 0 Å². The molecule has 0 spiro atoms. The van der Waals surface area contributed by atoms with Crippen LogP contribution in [0.1, 0.15) is 18.5 Å². The third kappa shape index (κ3) is 3.30. The number of amides is 1. The number of nitrogens with zero attached hydrogens (tertiary/aromatic N) is 6. The van der Waals surface area contributed by atoms with Crippen molar-refractivity contribution < 1.29 is 4.79 Å². The first-order chi connectivity index (χ1) is 10.7. The summed E-state index contributed by atoms with van der Waals surface area (Å²) in [6, 6.07) is 3.77. The summed E-state index contributed by atoms with van der Waals surface area (Å²) < 4.78 is 1.60. The van der Waals surface area contributed by atoms with E-state index in [1.807, 2.05) is 36.4 Å². The quantitative estimate of drug-likeness (QED) is 0.826. The fourth-order valence-corrected chi connectivity index (χ4v) is 2.67. The van der Waals surface area contributed by atoms with Gasteiger partial charge in [0, 0.05) is 45.1 Å². The predicted molar refractivity (Wildman–Crippen MR) is 80.8 cm³/mol. The monoisotopic (exact) mass is 300 g/mol. The average molecular weight is 300 g/mol. The van der Waals surface area contributed by atoms with Crippen LogP contribution in [-0.2, 0) is 11.3 Å². The largest absolute Gasteiger partial charge is 0.338 e. The SMILES string of the molecule is C[C@H](C(=O)N1CCN(Cc2ccncc2)CC1)n1cncn1. The smallest absolute Gasteiger partial charge is 0.247 e. The molecule has 22 heavy (non-hydrogen) atoms. The molecule has 1 amide bonds. The molecule has 7 nitrogen and oxygen atoms in total. The van der Waals surface area contributed by atoms with Crippen LogP contribution in [0.3, 0.4) is 0 Å². The lowest BCUT2D eigenvalue weighted by molar-refractivity contribution is -0.136. The first-order valence-corrected chi connectivity index (χ1v) is 7.48. The molecule has 0 N–H and O–H groups in total. The lowest BCUT2D eigenvalue weighted by Crippen LogP contribution is -2.49. The number of pyridine rings is 1. The van der Waals surface area contributed by atoms with E-state index in [-0.39, 0.29) is 11.9 Å². The molecule has 0 bridgehead atoms. The first-order valence-electron chi connectivity index (χ1n) is 7.48. The van der Waals surface area contributed by atoms with E-state index in [2.05, 4.69) is 20.0 Å². The van der Waals surface area contributed by atoms with Crippen molar-refractivity contribution in [2.45, 2.75) is 19.5 Å². The molecular formula is C15H20N6O. The summed E-state index contributed by atoms with van der Waals surface area (Å²) in [5, 5.41) is 4.04. The number of piperazine rings is 1. The van der Waals surface area contributed by atoms with Crippen LogP contribution < -0.4 is 0 Å². The number of hydrogen-bond acceptors (Lipinski definition) is 5. The van der Waals surface area contributed by atoms with Gasteiger partial charge in [-0.3, -0.25) is 14.7 Å². The van der Waals surface area contributed by atoms with Crippen molar-refractivity contribution in [2.75, 3.05) is 26.2 Å². The molecule has 0 unspecified atom stereocenters. The Labute approximate surface area is 129 Å². The molecule has 0 aliphatic carbocycles. The normalized spacial score (nSPS) is 17.4.